The Bertz CT molecular complexity index is 1870. The zero-order valence-corrected chi connectivity index (χ0v) is 30.8. The Morgan fingerprint density at radius 3 is 2.21 bits per heavy atom. The molecule has 0 radical (unpaired) electrons. The molecule has 0 spiro atoms. The molecule has 250 valence electrons. The molecule has 6 rings (SSSR count). The maximum absolute atomic E-state index is 14.2. The van der Waals surface area contributed by atoms with Crippen LogP contribution in [0.3, 0.4) is 0 Å². The van der Waals surface area contributed by atoms with Crippen LogP contribution in [-0.4, -0.2) is 25.9 Å². The van der Waals surface area contributed by atoms with E-state index in [2.05, 4.69) is 104 Å². The smallest absolute Gasteiger partial charge is 0.207 e. The van der Waals surface area contributed by atoms with E-state index in [1.165, 1.54) is 26.2 Å². The van der Waals surface area contributed by atoms with Gasteiger partial charge in [0.05, 0.1) is 31.6 Å². The molecule has 3 unspecified atom stereocenters. The highest BCUT2D eigenvalue weighted by Gasteiger charge is 2.33. The van der Waals surface area contributed by atoms with Crippen molar-refractivity contribution in [3.8, 4) is 0 Å². The van der Waals surface area contributed by atoms with E-state index in [9.17, 15) is 8.42 Å². The monoisotopic (exact) mass is 694 g/mol. The van der Waals surface area contributed by atoms with Gasteiger partial charge in [-0.1, -0.05) is 123 Å². The minimum atomic E-state index is -3.71. The molecule has 0 aromatic heterocycles. The van der Waals surface area contributed by atoms with E-state index in [0.29, 0.717) is 34.7 Å². The van der Waals surface area contributed by atoms with Crippen molar-refractivity contribution in [2.45, 2.75) is 98.4 Å². The molecular weight excluding hydrogens is 649 g/mol. The molecule has 48 heavy (non-hydrogen) atoms. The molecule has 2 aliphatic heterocycles. The molecule has 4 nitrogen and oxygen atoms in total. The topological polar surface area (TPSA) is 40.6 Å². The number of hydrogen-bond acceptors (Lipinski definition) is 6. The quantitative estimate of drug-likeness (QED) is 0.188. The number of para-hydroxylation sites is 2. The van der Waals surface area contributed by atoms with E-state index >= 15 is 0 Å². The summed E-state index contributed by atoms with van der Waals surface area (Å²) in [6, 6.07) is 26.8. The SMILES string of the molecule is CCCC(C)N1/C(=C/C=C/C2=C(S(=O)(=O)c3ccccc3)C(=C/C=C/C3Sc4ccccc4N3C(C)CCC)/CC2)Sc2ccccc21. The number of hydrogen-bond donors (Lipinski definition) is 0. The van der Waals surface area contributed by atoms with Crippen molar-refractivity contribution in [2.24, 2.45) is 0 Å². The van der Waals surface area contributed by atoms with Crippen molar-refractivity contribution in [3.63, 3.8) is 0 Å². The Kier molecular flexibility index (Phi) is 11.1. The number of nitrogens with zero attached hydrogens (tertiary/aromatic N) is 2. The average Bonchev–Trinajstić information content (AvgIpc) is 3.78. The summed E-state index contributed by atoms with van der Waals surface area (Å²) in [7, 11) is -3.71. The van der Waals surface area contributed by atoms with Gasteiger partial charge in [-0.05, 0) is 93.2 Å². The van der Waals surface area contributed by atoms with Crippen molar-refractivity contribution >= 4 is 44.7 Å². The second-order valence-corrected chi connectivity index (χ2v) is 16.8. The highest BCUT2D eigenvalue weighted by molar-refractivity contribution is 8.03. The van der Waals surface area contributed by atoms with Gasteiger partial charge in [-0.25, -0.2) is 8.42 Å². The summed E-state index contributed by atoms with van der Waals surface area (Å²) in [5.74, 6) is 0. The van der Waals surface area contributed by atoms with Crippen LogP contribution in [0.5, 0.6) is 0 Å². The molecule has 3 aromatic carbocycles. The van der Waals surface area contributed by atoms with Gasteiger partial charge in [0.2, 0.25) is 9.84 Å². The second-order valence-electron chi connectivity index (χ2n) is 12.7. The molecular formula is C41H46N2O2S3. The molecule has 2 heterocycles. The van der Waals surface area contributed by atoms with Crippen molar-refractivity contribution in [1.29, 1.82) is 0 Å². The number of anilines is 2. The molecule has 1 aliphatic carbocycles. The average molecular weight is 695 g/mol. The van der Waals surface area contributed by atoms with Crippen molar-refractivity contribution in [2.75, 3.05) is 9.80 Å². The fraction of sp³-hybridized carbons (Fsp3) is 0.317. The van der Waals surface area contributed by atoms with Crippen molar-refractivity contribution in [1.82, 2.24) is 0 Å². The Labute approximate surface area is 296 Å². The van der Waals surface area contributed by atoms with E-state index in [1.54, 1.807) is 36.0 Å². The van der Waals surface area contributed by atoms with Crippen LogP contribution >= 0.6 is 23.5 Å². The van der Waals surface area contributed by atoms with Crippen LogP contribution in [0.2, 0.25) is 0 Å². The second kappa shape index (κ2) is 15.4. The molecule has 3 aliphatic rings. The fourth-order valence-electron chi connectivity index (χ4n) is 7.01. The highest BCUT2D eigenvalue weighted by Crippen LogP contribution is 2.48. The number of fused-ring (bicyclic) bond motifs is 2. The van der Waals surface area contributed by atoms with Crippen LogP contribution in [0.15, 0.2) is 151 Å². The lowest BCUT2D eigenvalue weighted by molar-refractivity contribution is 0.592. The molecule has 0 saturated carbocycles. The van der Waals surface area contributed by atoms with Gasteiger partial charge in [-0.15, -0.1) is 0 Å². The predicted molar refractivity (Wildman–Crippen MR) is 206 cm³/mol. The maximum Gasteiger partial charge on any atom is 0.207 e. The van der Waals surface area contributed by atoms with Gasteiger partial charge in [-0.2, -0.15) is 0 Å². The van der Waals surface area contributed by atoms with E-state index in [0.717, 1.165) is 36.8 Å². The van der Waals surface area contributed by atoms with Crippen molar-refractivity contribution < 1.29 is 8.42 Å². The lowest BCUT2D eigenvalue weighted by atomic mass is 10.1. The van der Waals surface area contributed by atoms with Gasteiger partial charge in [0.1, 0.15) is 0 Å². The van der Waals surface area contributed by atoms with Gasteiger partial charge >= 0.3 is 0 Å². The molecule has 3 aromatic rings. The molecule has 7 heteroatoms. The zero-order chi connectivity index (χ0) is 33.7. The van der Waals surface area contributed by atoms with Gasteiger partial charge in [0.25, 0.3) is 0 Å². The van der Waals surface area contributed by atoms with Gasteiger partial charge in [0, 0.05) is 21.9 Å². The molecule has 0 fully saturated rings. The lowest BCUT2D eigenvalue weighted by Crippen LogP contribution is -2.36. The molecule has 0 amide bonds. The first-order chi connectivity index (χ1) is 23.3. The third-order valence-corrected chi connectivity index (χ3v) is 13.5. The van der Waals surface area contributed by atoms with Gasteiger partial charge in [0.15, 0.2) is 0 Å². The number of allylic oxidation sites excluding steroid dienone is 7. The Morgan fingerprint density at radius 2 is 1.46 bits per heavy atom. The van der Waals surface area contributed by atoms with E-state index in [4.69, 9.17) is 0 Å². The summed E-state index contributed by atoms with van der Waals surface area (Å²) in [6.45, 7) is 9.05. The van der Waals surface area contributed by atoms with Crippen LogP contribution in [0.25, 0.3) is 0 Å². The zero-order valence-electron chi connectivity index (χ0n) is 28.4. The molecule has 0 bridgehead atoms. The summed E-state index contributed by atoms with van der Waals surface area (Å²) in [6.07, 6.45) is 18.4. The van der Waals surface area contributed by atoms with E-state index < -0.39 is 9.84 Å². The first-order valence-electron chi connectivity index (χ1n) is 17.2. The first kappa shape index (κ1) is 34.5. The first-order valence-corrected chi connectivity index (χ1v) is 20.4. The van der Waals surface area contributed by atoms with Crippen LogP contribution in [-0.2, 0) is 9.84 Å². The summed E-state index contributed by atoms with van der Waals surface area (Å²) in [5.41, 5.74) is 4.27. The van der Waals surface area contributed by atoms with Gasteiger partial charge in [-0.3, -0.25) is 0 Å². The summed E-state index contributed by atoms with van der Waals surface area (Å²) in [4.78, 5) is 8.28. The minimum Gasteiger partial charge on any atom is -0.352 e. The number of sulfone groups is 1. The van der Waals surface area contributed by atoms with Crippen LogP contribution in [0.1, 0.15) is 66.2 Å². The predicted octanol–water partition coefficient (Wildman–Crippen LogP) is 11.3. The number of thioether (sulfide) groups is 2. The van der Waals surface area contributed by atoms with Crippen LogP contribution in [0, 0.1) is 0 Å². The summed E-state index contributed by atoms with van der Waals surface area (Å²) < 4.78 is 28.4. The standard InChI is InChI=1S/C41H46N2O2S3/c1-5-16-30(3)42-35-22-10-12-24-37(35)46-39(42)26-14-18-32-28-29-33(41(32)48(44,45)34-20-8-7-9-21-34)19-15-27-40-43(31(4)17-6-2)36-23-11-13-25-38(36)47-40/h7-15,18-27,30-31,39H,5-6,16-17,28-29H2,1-4H3/b19-15+,26-14+,32-18+,40-27-. The third kappa shape index (κ3) is 7.15. The normalized spacial score (nSPS) is 20.9. The summed E-state index contributed by atoms with van der Waals surface area (Å²) in [5, 5.41) is 1.34. The Morgan fingerprint density at radius 1 is 0.792 bits per heavy atom. The fourth-order valence-corrected chi connectivity index (χ4v) is 11.3. The largest absolute Gasteiger partial charge is 0.352 e. The van der Waals surface area contributed by atoms with Crippen LogP contribution in [0.4, 0.5) is 11.4 Å². The molecule has 0 saturated heterocycles. The summed E-state index contributed by atoms with van der Waals surface area (Å²) >= 11 is 3.65. The Hall–Kier alpha value is -3.39. The highest BCUT2D eigenvalue weighted by atomic mass is 32.2. The van der Waals surface area contributed by atoms with Crippen LogP contribution < -0.4 is 9.80 Å². The Balaban J connectivity index is 1.32. The third-order valence-electron chi connectivity index (χ3n) is 9.25. The maximum atomic E-state index is 14.2. The van der Waals surface area contributed by atoms with Crippen molar-refractivity contribution in [3.05, 3.63) is 136 Å². The molecule has 3 atom stereocenters. The number of benzene rings is 3. The lowest BCUT2D eigenvalue weighted by Gasteiger charge is -2.31. The van der Waals surface area contributed by atoms with Gasteiger partial charge < -0.3 is 9.80 Å². The van der Waals surface area contributed by atoms with E-state index in [-0.39, 0.29) is 5.37 Å². The molecule has 0 N–H and O–H groups in total. The van der Waals surface area contributed by atoms with E-state index in [1.807, 2.05) is 36.1 Å². The number of rotatable bonds is 12. The minimum absolute atomic E-state index is 0.164.